The fourth-order valence-electron chi connectivity index (χ4n) is 1.69. The first-order valence-corrected chi connectivity index (χ1v) is 6.92. The maximum Gasteiger partial charge on any atom is 0.272 e. The topological polar surface area (TPSA) is 76.1 Å². The standard InChI is InChI=1S/C14H24N4O2/c1-10(2)13-17-9-11(15-3)12(18-13)14(19)16-7-5-6-8-20-4/h9-10,15H,5-8H2,1-4H3,(H,16,19). The van der Waals surface area contributed by atoms with Crippen molar-refractivity contribution in [2.75, 3.05) is 32.6 Å². The molecular formula is C14H24N4O2. The highest BCUT2D eigenvalue weighted by molar-refractivity contribution is 5.97. The van der Waals surface area contributed by atoms with Crippen molar-refractivity contribution in [3.8, 4) is 0 Å². The number of amides is 1. The summed E-state index contributed by atoms with van der Waals surface area (Å²) >= 11 is 0. The van der Waals surface area contributed by atoms with E-state index in [0.29, 0.717) is 30.4 Å². The van der Waals surface area contributed by atoms with Gasteiger partial charge in [0.1, 0.15) is 5.82 Å². The number of aromatic nitrogens is 2. The third kappa shape index (κ3) is 4.77. The molecule has 0 fully saturated rings. The third-order valence-corrected chi connectivity index (χ3v) is 2.87. The molecule has 0 saturated carbocycles. The van der Waals surface area contributed by atoms with Gasteiger partial charge < -0.3 is 15.4 Å². The molecule has 6 heteroatoms. The number of carbonyl (C=O) groups is 1. The van der Waals surface area contributed by atoms with Crippen LogP contribution in [0.3, 0.4) is 0 Å². The number of methoxy groups -OCH3 is 1. The number of hydrogen-bond donors (Lipinski definition) is 2. The number of nitrogens with one attached hydrogen (secondary N) is 2. The van der Waals surface area contributed by atoms with Gasteiger partial charge >= 0.3 is 0 Å². The molecule has 0 aromatic carbocycles. The summed E-state index contributed by atoms with van der Waals surface area (Å²) in [7, 11) is 3.43. The average Bonchev–Trinajstić information content (AvgIpc) is 2.46. The number of unbranched alkanes of at least 4 members (excludes halogenated alkanes) is 1. The van der Waals surface area contributed by atoms with Crippen LogP contribution in [-0.4, -0.2) is 43.2 Å². The van der Waals surface area contributed by atoms with Gasteiger partial charge in [0, 0.05) is 33.2 Å². The molecule has 1 aromatic rings. The highest BCUT2D eigenvalue weighted by atomic mass is 16.5. The predicted octanol–water partition coefficient (Wildman–Crippen LogP) is 1.80. The van der Waals surface area contributed by atoms with Crippen molar-refractivity contribution >= 4 is 11.6 Å². The van der Waals surface area contributed by atoms with Crippen LogP contribution in [0.25, 0.3) is 0 Å². The van der Waals surface area contributed by atoms with Gasteiger partial charge in [-0.1, -0.05) is 13.8 Å². The van der Waals surface area contributed by atoms with Gasteiger partial charge in [-0.3, -0.25) is 4.79 Å². The predicted molar refractivity (Wildman–Crippen MR) is 79.1 cm³/mol. The molecule has 0 bridgehead atoms. The summed E-state index contributed by atoms with van der Waals surface area (Å²) in [6.07, 6.45) is 3.47. The lowest BCUT2D eigenvalue weighted by Crippen LogP contribution is -2.27. The fraction of sp³-hybridized carbons (Fsp3) is 0.643. The Morgan fingerprint density at radius 1 is 1.40 bits per heavy atom. The van der Waals surface area contributed by atoms with E-state index in [-0.39, 0.29) is 11.8 Å². The normalized spacial score (nSPS) is 10.7. The van der Waals surface area contributed by atoms with E-state index in [9.17, 15) is 4.79 Å². The van der Waals surface area contributed by atoms with Crippen LogP contribution in [0.15, 0.2) is 6.20 Å². The number of ether oxygens (including phenoxy) is 1. The molecule has 6 nitrogen and oxygen atoms in total. The van der Waals surface area contributed by atoms with Crippen molar-refractivity contribution in [1.82, 2.24) is 15.3 Å². The molecule has 1 heterocycles. The van der Waals surface area contributed by atoms with Gasteiger partial charge in [0.05, 0.1) is 11.9 Å². The third-order valence-electron chi connectivity index (χ3n) is 2.87. The van der Waals surface area contributed by atoms with Crippen molar-refractivity contribution in [3.05, 3.63) is 17.7 Å². The zero-order valence-corrected chi connectivity index (χ0v) is 12.7. The molecule has 1 rings (SSSR count). The number of nitrogens with zero attached hydrogens (tertiary/aromatic N) is 2. The van der Waals surface area contributed by atoms with Crippen LogP contribution in [-0.2, 0) is 4.74 Å². The van der Waals surface area contributed by atoms with Gasteiger partial charge in [0.25, 0.3) is 5.91 Å². The highest BCUT2D eigenvalue weighted by Crippen LogP contribution is 2.15. The first kappa shape index (κ1) is 16.4. The molecule has 0 saturated heterocycles. The van der Waals surface area contributed by atoms with Crippen LogP contribution < -0.4 is 10.6 Å². The Kier molecular flexibility index (Phi) is 6.93. The van der Waals surface area contributed by atoms with E-state index >= 15 is 0 Å². The van der Waals surface area contributed by atoms with Crippen LogP contribution in [0.2, 0.25) is 0 Å². The van der Waals surface area contributed by atoms with E-state index in [1.54, 1.807) is 20.4 Å². The minimum atomic E-state index is -0.170. The second-order valence-corrected chi connectivity index (χ2v) is 4.85. The summed E-state index contributed by atoms with van der Waals surface area (Å²) in [6, 6.07) is 0. The Morgan fingerprint density at radius 2 is 2.15 bits per heavy atom. The van der Waals surface area contributed by atoms with Crippen molar-refractivity contribution in [1.29, 1.82) is 0 Å². The minimum Gasteiger partial charge on any atom is -0.385 e. The number of hydrogen-bond acceptors (Lipinski definition) is 5. The Morgan fingerprint density at radius 3 is 2.75 bits per heavy atom. The number of rotatable bonds is 8. The summed E-state index contributed by atoms with van der Waals surface area (Å²) < 4.78 is 4.97. The molecule has 0 spiro atoms. The summed E-state index contributed by atoms with van der Waals surface area (Å²) in [4.78, 5) is 20.7. The zero-order valence-electron chi connectivity index (χ0n) is 12.7. The molecule has 0 aliphatic rings. The molecular weight excluding hydrogens is 256 g/mol. The average molecular weight is 280 g/mol. The molecule has 0 atom stereocenters. The van der Waals surface area contributed by atoms with E-state index < -0.39 is 0 Å². The van der Waals surface area contributed by atoms with Crippen molar-refractivity contribution < 1.29 is 9.53 Å². The summed E-state index contributed by atoms with van der Waals surface area (Å²) in [6.45, 7) is 5.33. The van der Waals surface area contributed by atoms with Crippen molar-refractivity contribution in [3.63, 3.8) is 0 Å². The van der Waals surface area contributed by atoms with Gasteiger partial charge in [-0.25, -0.2) is 9.97 Å². The fourth-order valence-corrected chi connectivity index (χ4v) is 1.69. The smallest absolute Gasteiger partial charge is 0.272 e. The first-order chi connectivity index (χ1) is 9.60. The van der Waals surface area contributed by atoms with E-state index in [4.69, 9.17) is 4.74 Å². The van der Waals surface area contributed by atoms with Gasteiger partial charge in [-0.05, 0) is 12.8 Å². The van der Waals surface area contributed by atoms with Crippen molar-refractivity contribution in [2.24, 2.45) is 0 Å². The van der Waals surface area contributed by atoms with Crippen molar-refractivity contribution in [2.45, 2.75) is 32.6 Å². The maximum atomic E-state index is 12.2. The Labute approximate surface area is 120 Å². The lowest BCUT2D eigenvalue weighted by atomic mass is 10.2. The maximum absolute atomic E-state index is 12.2. The summed E-state index contributed by atoms with van der Waals surface area (Å²) in [5.74, 6) is 0.693. The molecule has 1 aromatic heterocycles. The number of carbonyl (C=O) groups excluding carboxylic acids is 1. The molecule has 2 N–H and O–H groups in total. The van der Waals surface area contributed by atoms with Crippen LogP contribution in [0.5, 0.6) is 0 Å². The molecule has 20 heavy (non-hydrogen) atoms. The number of anilines is 1. The minimum absolute atomic E-state index is 0.170. The largest absolute Gasteiger partial charge is 0.385 e. The Bertz CT molecular complexity index is 435. The van der Waals surface area contributed by atoms with E-state index in [0.717, 1.165) is 12.8 Å². The summed E-state index contributed by atoms with van der Waals surface area (Å²) in [5, 5.41) is 5.82. The Balaban J connectivity index is 2.67. The summed E-state index contributed by atoms with van der Waals surface area (Å²) in [5.41, 5.74) is 1.04. The van der Waals surface area contributed by atoms with Crippen LogP contribution >= 0.6 is 0 Å². The zero-order chi connectivity index (χ0) is 15.0. The van der Waals surface area contributed by atoms with E-state index in [1.165, 1.54) is 0 Å². The Hall–Kier alpha value is -1.69. The van der Waals surface area contributed by atoms with Gasteiger partial charge in [-0.2, -0.15) is 0 Å². The highest BCUT2D eigenvalue weighted by Gasteiger charge is 2.15. The lowest BCUT2D eigenvalue weighted by Gasteiger charge is -2.11. The molecule has 0 radical (unpaired) electrons. The molecule has 112 valence electrons. The second-order valence-electron chi connectivity index (χ2n) is 4.85. The molecule has 0 aliphatic heterocycles. The van der Waals surface area contributed by atoms with Crippen LogP contribution in [0.4, 0.5) is 5.69 Å². The lowest BCUT2D eigenvalue weighted by molar-refractivity contribution is 0.0947. The molecule has 0 unspecified atom stereocenters. The monoisotopic (exact) mass is 280 g/mol. The molecule has 0 aliphatic carbocycles. The van der Waals surface area contributed by atoms with Gasteiger partial charge in [0.2, 0.25) is 0 Å². The van der Waals surface area contributed by atoms with Crippen LogP contribution in [0.1, 0.15) is 48.9 Å². The molecule has 1 amide bonds. The quantitative estimate of drug-likeness (QED) is 0.710. The van der Waals surface area contributed by atoms with Crippen LogP contribution in [0, 0.1) is 0 Å². The van der Waals surface area contributed by atoms with Gasteiger partial charge in [-0.15, -0.1) is 0 Å². The van der Waals surface area contributed by atoms with Gasteiger partial charge in [0.15, 0.2) is 5.69 Å². The van der Waals surface area contributed by atoms with E-state index in [2.05, 4.69) is 20.6 Å². The second kappa shape index (κ2) is 8.47. The first-order valence-electron chi connectivity index (χ1n) is 6.92. The SMILES string of the molecule is CNc1cnc(C(C)C)nc1C(=O)NCCCCOC. The van der Waals surface area contributed by atoms with E-state index in [1.807, 2.05) is 13.8 Å².